The maximum Gasteiger partial charge on any atom is 0.191 e. The molecule has 142 valence electrons. The molecular formula is C17H32N6OS. The largest absolute Gasteiger partial charge is 0.376 e. The van der Waals surface area contributed by atoms with E-state index in [9.17, 15) is 0 Å². The number of aryl methyl sites for hydroxylation is 1. The first-order chi connectivity index (χ1) is 12.1. The average molecular weight is 369 g/mol. The third-order valence-electron chi connectivity index (χ3n) is 4.14. The fraction of sp³-hybridized carbons (Fsp3) is 0.824. The summed E-state index contributed by atoms with van der Waals surface area (Å²) in [6.45, 7) is 7.97. The summed E-state index contributed by atoms with van der Waals surface area (Å²) in [4.78, 5) is 4.27. The van der Waals surface area contributed by atoms with Crippen LogP contribution in [0.4, 0.5) is 0 Å². The van der Waals surface area contributed by atoms with E-state index in [0.29, 0.717) is 12.0 Å². The molecule has 1 aliphatic rings. The highest BCUT2D eigenvalue weighted by Gasteiger charge is 2.15. The number of guanidine groups is 1. The van der Waals surface area contributed by atoms with Crippen LogP contribution in [0.3, 0.4) is 0 Å². The minimum atomic E-state index is 0.318. The van der Waals surface area contributed by atoms with Crippen LogP contribution < -0.4 is 10.6 Å². The summed E-state index contributed by atoms with van der Waals surface area (Å²) in [5, 5.41) is 16.4. The second kappa shape index (κ2) is 10.7. The molecule has 0 bridgehead atoms. The van der Waals surface area contributed by atoms with Crippen LogP contribution in [-0.4, -0.2) is 59.8 Å². The Morgan fingerprint density at radius 1 is 1.40 bits per heavy atom. The van der Waals surface area contributed by atoms with Gasteiger partial charge in [-0.05, 0) is 31.4 Å². The zero-order chi connectivity index (χ0) is 18.1. The number of nitrogens with one attached hydrogen (secondary N) is 2. The molecule has 25 heavy (non-hydrogen) atoms. The van der Waals surface area contributed by atoms with Crippen molar-refractivity contribution in [2.75, 3.05) is 33.0 Å². The summed E-state index contributed by atoms with van der Waals surface area (Å²) in [6.07, 6.45) is 6.57. The Morgan fingerprint density at radius 2 is 2.24 bits per heavy atom. The molecule has 0 aromatic carbocycles. The quantitative estimate of drug-likeness (QED) is 0.300. The van der Waals surface area contributed by atoms with Gasteiger partial charge in [0.1, 0.15) is 5.82 Å². The van der Waals surface area contributed by atoms with E-state index in [-0.39, 0.29) is 0 Å². The Balaban J connectivity index is 1.73. The van der Waals surface area contributed by atoms with E-state index < -0.39 is 0 Å². The van der Waals surface area contributed by atoms with Gasteiger partial charge in [-0.3, -0.25) is 4.99 Å². The number of ether oxygens (including phenoxy) is 1. The normalized spacial score (nSPS) is 18.1. The second-order valence-electron chi connectivity index (χ2n) is 6.73. The van der Waals surface area contributed by atoms with Crippen molar-refractivity contribution in [3.63, 3.8) is 0 Å². The number of nitrogens with zero attached hydrogens (tertiary/aromatic N) is 4. The molecule has 2 heterocycles. The molecule has 2 rings (SSSR count). The van der Waals surface area contributed by atoms with Gasteiger partial charge in [0, 0.05) is 39.7 Å². The predicted octanol–water partition coefficient (Wildman–Crippen LogP) is 1.93. The summed E-state index contributed by atoms with van der Waals surface area (Å²) >= 11 is 1.66. The fourth-order valence-corrected chi connectivity index (χ4v) is 3.42. The number of hydrogen-bond acceptors (Lipinski definition) is 5. The Morgan fingerprint density at radius 3 is 2.88 bits per heavy atom. The molecule has 8 heteroatoms. The number of aromatic nitrogens is 3. The first-order valence-electron chi connectivity index (χ1n) is 9.16. The van der Waals surface area contributed by atoms with Gasteiger partial charge >= 0.3 is 0 Å². The van der Waals surface area contributed by atoms with E-state index in [4.69, 9.17) is 4.74 Å². The van der Waals surface area contributed by atoms with Crippen LogP contribution in [0.1, 0.15) is 38.9 Å². The zero-order valence-corrected chi connectivity index (χ0v) is 16.7. The lowest BCUT2D eigenvalue weighted by Gasteiger charge is -2.15. The molecule has 0 radical (unpaired) electrons. The summed E-state index contributed by atoms with van der Waals surface area (Å²) in [7, 11) is 1.80. The van der Waals surface area contributed by atoms with Crippen molar-refractivity contribution in [1.29, 1.82) is 0 Å². The molecular weight excluding hydrogens is 336 g/mol. The Labute approximate surface area is 155 Å². The highest BCUT2D eigenvalue weighted by molar-refractivity contribution is 7.98. The summed E-state index contributed by atoms with van der Waals surface area (Å²) < 4.78 is 7.87. The van der Waals surface area contributed by atoms with Gasteiger partial charge in [-0.1, -0.05) is 25.6 Å². The first-order valence-corrected chi connectivity index (χ1v) is 10.4. The molecule has 2 N–H and O–H groups in total. The maximum atomic E-state index is 5.62. The van der Waals surface area contributed by atoms with Crippen LogP contribution in [0.2, 0.25) is 0 Å². The molecule has 1 fully saturated rings. The summed E-state index contributed by atoms with van der Waals surface area (Å²) in [6, 6.07) is 0. The molecule has 1 unspecified atom stereocenters. The SMILES string of the molecule is CN=C(NCCCc1nnc(SC)n1CC(C)C)NCC1CCCO1. The molecule has 0 saturated carbocycles. The third kappa shape index (κ3) is 6.51. The average Bonchev–Trinajstić information content (AvgIpc) is 3.24. The van der Waals surface area contributed by atoms with Crippen molar-refractivity contribution in [3.8, 4) is 0 Å². The van der Waals surface area contributed by atoms with Crippen molar-refractivity contribution in [3.05, 3.63) is 5.82 Å². The maximum absolute atomic E-state index is 5.62. The number of rotatable bonds is 9. The lowest BCUT2D eigenvalue weighted by Crippen LogP contribution is -2.41. The predicted molar refractivity (Wildman–Crippen MR) is 103 cm³/mol. The topological polar surface area (TPSA) is 76.4 Å². The standard InChI is InChI=1S/C17H32N6OS/c1-13(2)12-23-15(21-22-17(23)25-4)8-5-9-19-16(18-3)20-11-14-7-6-10-24-14/h13-14H,5-12H2,1-4H3,(H2,18,19,20). The molecule has 1 aliphatic heterocycles. The Bertz CT molecular complexity index is 539. The molecule has 1 saturated heterocycles. The van der Waals surface area contributed by atoms with E-state index in [2.05, 4.69) is 50.5 Å². The number of aliphatic imine (C=N–C) groups is 1. The molecule has 1 atom stereocenters. The molecule has 1 aromatic rings. The molecule has 0 amide bonds. The van der Waals surface area contributed by atoms with E-state index in [1.165, 1.54) is 0 Å². The van der Waals surface area contributed by atoms with Crippen molar-refractivity contribution in [2.24, 2.45) is 10.9 Å². The molecule has 1 aromatic heterocycles. The van der Waals surface area contributed by atoms with Gasteiger partial charge in [-0.15, -0.1) is 10.2 Å². The van der Waals surface area contributed by atoms with Crippen molar-refractivity contribution in [1.82, 2.24) is 25.4 Å². The van der Waals surface area contributed by atoms with E-state index in [0.717, 1.165) is 68.9 Å². The van der Waals surface area contributed by atoms with Crippen LogP contribution in [0, 0.1) is 5.92 Å². The molecule has 0 spiro atoms. The Kier molecular flexibility index (Phi) is 8.54. The van der Waals surface area contributed by atoms with Gasteiger partial charge in [0.15, 0.2) is 11.1 Å². The zero-order valence-electron chi connectivity index (χ0n) is 15.9. The monoisotopic (exact) mass is 368 g/mol. The van der Waals surface area contributed by atoms with Crippen molar-refractivity contribution >= 4 is 17.7 Å². The minimum absolute atomic E-state index is 0.318. The highest BCUT2D eigenvalue weighted by atomic mass is 32.2. The van der Waals surface area contributed by atoms with Crippen LogP contribution in [-0.2, 0) is 17.7 Å². The number of thioether (sulfide) groups is 1. The molecule has 7 nitrogen and oxygen atoms in total. The van der Waals surface area contributed by atoms with Gasteiger partial charge in [-0.25, -0.2) is 0 Å². The summed E-state index contributed by atoms with van der Waals surface area (Å²) in [5.74, 6) is 2.49. The second-order valence-corrected chi connectivity index (χ2v) is 7.50. The molecule has 0 aliphatic carbocycles. The van der Waals surface area contributed by atoms with Gasteiger partial charge in [0.25, 0.3) is 0 Å². The van der Waals surface area contributed by atoms with Crippen LogP contribution in [0.5, 0.6) is 0 Å². The highest BCUT2D eigenvalue weighted by Crippen LogP contribution is 2.16. The van der Waals surface area contributed by atoms with Crippen LogP contribution in [0.15, 0.2) is 10.1 Å². The lowest BCUT2D eigenvalue weighted by molar-refractivity contribution is 0.114. The van der Waals surface area contributed by atoms with Gasteiger partial charge < -0.3 is 19.9 Å². The van der Waals surface area contributed by atoms with Gasteiger partial charge in [-0.2, -0.15) is 0 Å². The smallest absolute Gasteiger partial charge is 0.191 e. The number of hydrogen-bond donors (Lipinski definition) is 2. The van der Waals surface area contributed by atoms with E-state index in [1.807, 2.05) is 0 Å². The third-order valence-corrected chi connectivity index (χ3v) is 4.81. The van der Waals surface area contributed by atoms with E-state index in [1.54, 1.807) is 18.8 Å². The van der Waals surface area contributed by atoms with E-state index >= 15 is 0 Å². The van der Waals surface area contributed by atoms with Gasteiger partial charge in [0.2, 0.25) is 0 Å². The van der Waals surface area contributed by atoms with Crippen molar-refractivity contribution in [2.45, 2.75) is 57.3 Å². The fourth-order valence-electron chi connectivity index (χ4n) is 2.89. The minimum Gasteiger partial charge on any atom is -0.376 e. The van der Waals surface area contributed by atoms with Crippen LogP contribution >= 0.6 is 11.8 Å². The van der Waals surface area contributed by atoms with Crippen LogP contribution in [0.25, 0.3) is 0 Å². The Hall–Kier alpha value is -1.28. The lowest BCUT2D eigenvalue weighted by atomic mass is 10.2. The first kappa shape index (κ1) is 20.0. The van der Waals surface area contributed by atoms with Gasteiger partial charge in [0.05, 0.1) is 6.10 Å². The van der Waals surface area contributed by atoms with Crippen molar-refractivity contribution < 1.29 is 4.74 Å². The summed E-state index contributed by atoms with van der Waals surface area (Å²) in [5.41, 5.74) is 0.